The molecule has 0 unspecified atom stereocenters. The molecule has 0 radical (unpaired) electrons. The fourth-order valence-electron chi connectivity index (χ4n) is 2.74. The third-order valence-corrected chi connectivity index (χ3v) is 3.94. The average molecular weight is 359 g/mol. The second-order valence-corrected chi connectivity index (χ2v) is 7.16. The first-order chi connectivity index (χ1) is 12.4. The number of carbonyl (C=O) groups excluding carboxylic acids is 1. The van der Waals surface area contributed by atoms with Crippen LogP contribution in [0.4, 0.5) is 0 Å². The normalized spacial score (nSPS) is 11.5. The molecule has 0 N–H and O–H groups in total. The Morgan fingerprint density at radius 3 is 2.46 bits per heavy atom. The summed E-state index contributed by atoms with van der Waals surface area (Å²) in [6.45, 7) is 12.1. The molecule has 0 atom stereocenters. The van der Waals surface area contributed by atoms with E-state index in [9.17, 15) is 4.79 Å². The van der Waals surface area contributed by atoms with Crippen molar-refractivity contribution < 1.29 is 14.1 Å². The van der Waals surface area contributed by atoms with Gasteiger partial charge in [-0.2, -0.15) is 4.98 Å². The summed E-state index contributed by atoms with van der Waals surface area (Å²) in [5.41, 5.74) is 2.19. The molecule has 0 spiro atoms. The van der Waals surface area contributed by atoms with Crippen molar-refractivity contribution in [2.45, 2.75) is 47.1 Å². The van der Waals surface area contributed by atoms with E-state index < -0.39 is 0 Å². The smallest absolute Gasteiger partial charge is 0.320 e. The van der Waals surface area contributed by atoms with Crippen molar-refractivity contribution in [3.8, 4) is 11.4 Å². The maximum atomic E-state index is 11.8. The number of hydrogen-bond donors (Lipinski definition) is 0. The van der Waals surface area contributed by atoms with Gasteiger partial charge in [-0.05, 0) is 24.3 Å². The van der Waals surface area contributed by atoms with E-state index in [-0.39, 0.29) is 12.5 Å². The predicted molar refractivity (Wildman–Crippen MR) is 101 cm³/mol. The van der Waals surface area contributed by atoms with E-state index >= 15 is 0 Å². The molecular weight excluding hydrogens is 330 g/mol. The minimum atomic E-state index is -0.239. The summed E-state index contributed by atoms with van der Waals surface area (Å²) in [4.78, 5) is 18.3. The van der Waals surface area contributed by atoms with Gasteiger partial charge in [-0.3, -0.25) is 9.69 Å². The van der Waals surface area contributed by atoms with Crippen molar-refractivity contribution in [2.75, 3.05) is 19.7 Å². The molecule has 142 valence electrons. The number of hydrogen-bond acceptors (Lipinski definition) is 6. The second-order valence-electron chi connectivity index (χ2n) is 7.16. The van der Waals surface area contributed by atoms with Crippen LogP contribution in [0.15, 0.2) is 28.8 Å². The quantitative estimate of drug-likeness (QED) is 0.633. The summed E-state index contributed by atoms with van der Waals surface area (Å²) >= 11 is 0. The van der Waals surface area contributed by atoms with Gasteiger partial charge in [0, 0.05) is 12.1 Å². The van der Waals surface area contributed by atoms with Gasteiger partial charge in [0.2, 0.25) is 11.7 Å². The van der Waals surface area contributed by atoms with E-state index in [2.05, 4.69) is 50.0 Å². The lowest BCUT2D eigenvalue weighted by molar-refractivity contribution is -0.144. The van der Waals surface area contributed by atoms with Gasteiger partial charge in [-0.25, -0.2) is 0 Å². The first kappa shape index (κ1) is 20.1. The lowest BCUT2D eigenvalue weighted by atomic mass is 10.0. The Kier molecular flexibility index (Phi) is 7.33. The molecule has 1 heterocycles. The first-order valence-corrected chi connectivity index (χ1v) is 9.20. The number of ether oxygens (including phenoxy) is 1. The highest BCUT2D eigenvalue weighted by Gasteiger charge is 2.17. The van der Waals surface area contributed by atoms with Crippen molar-refractivity contribution >= 4 is 5.97 Å². The highest BCUT2D eigenvalue weighted by molar-refractivity contribution is 5.71. The zero-order valence-corrected chi connectivity index (χ0v) is 16.4. The van der Waals surface area contributed by atoms with E-state index in [0.29, 0.717) is 36.7 Å². The Hall–Kier alpha value is -2.21. The van der Waals surface area contributed by atoms with E-state index in [0.717, 1.165) is 12.1 Å². The van der Waals surface area contributed by atoms with Gasteiger partial charge in [0.15, 0.2) is 0 Å². The largest absolute Gasteiger partial charge is 0.465 e. The third kappa shape index (κ3) is 5.95. The molecule has 2 rings (SSSR count). The zero-order valence-electron chi connectivity index (χ0n) is 16.4. The lowest BCUT2D eigenvalue weighted by Crippen LogP contribution is -2.33. The number of benzene rings is 1. The average Bonchev–Trinajstić information content (AvgIpc) is 3.03. The topological polar surface area (TPSA) is 68.5 Å². The van der Waals surface area contributed by atoms with Gasteiger partial charge < -0.3 is 9.26 Å². The molecule has 0 saturated heterocycles. The zero-order chi connectivity index (χ0) is 19.1. The molecule has 1 aromatic carbocycles. The molecule has 0 aliphatic heterocycles. The SMILES string of the molecule is CCOC(=O)CN(Cc1nc(-c2ccc(C(C)C)cc2)no1)CC(C)C. The number of esters is 1. The van der Waals surface area contributed by atoms with Crippen LogP contribution >= 0.6 is 0 Å². The Morgan fingerprint density at radius 1 is 1.19 bits per heavy atom. The van der Waals surface area contributed by atoms with Crippen LogP contribution in [0.25, 0.3) is 11.4 Å². The second kappa shape index (κ2) is 9.48. The molecule has 0 fully saturated rings. The standard InChI is InChI=1S/C20H29N3O3/c1-6-25-19(24)13-23(11-14(2)3)12-18-21-20(22-26-18)17-9-7-16(8-10-17)15(4)5/h7-10,14-15H,6,11-13H2,1-5H3. The van der Waals surface area contributed by atoms with Gasteiger partial charge in [0.1, 0.15) is 0 Å². The van der Waals surface area contributed by atoms with Crippen molar-refractivity contribution in [3.05, 3.63) is 35.7 Å². The van der Waals surface area contributed by atoms with Crippen LogP contribution in [0.5, 0.6) is 0 Å². The van der Waals surface area contributed by atoms with E-state index in [1.165, 1.54) is 5.56 Å². The van der Waals surface area contributed by atoms with Crippen LogP contribution in [0.2, 0.25) is 0 Å². The molecule has 2 aromatic rings. The minimum Gasteiger partial charge on any atom is -0.465 e. The molecule has 26 heavy (non-hydrogen) atoms. The summed E-state index contributed by atoms with van der Waals surface area (Å²) in [5, 5.41) is 4.08. The van der Waals surface area contributed by atoms with Gasteiger partial charge >= 0.3 is 5.97 Å². The van der Waals surface area contributed by atoms with Crippen molar-refractivity contribution in [2.24, 2.45) is 5.92 Å². The van der Waals surface area contributed by atoms with Crippen LogP contribution in [-0.2, 0) is 16.1 Å². The summed E-state index contributed by atoms with van der Waals surface area (Å²) in [6, 6.07) is 8.19. The maximum absolute atomic E-state index is 11.8. The summed E-state index contributed by atoms with van der Waals surface area (Å²) < 4.78 is 10.4. The van der Waals surface area contributed by atoms with Crippen LogP contribution in [0.3, 0.4) is 0 Å². The Bertz CT molecular complexity index is 693. The van der Waals surface area contributed by atoms with Crippen molar-refractivity contribution in [1.82, 2.24) is 15.0 Å². The van der Waals surface area contributed by atoms with E-state index in [1.807, 2.05) is 17.0 Å². The van der Waals surface area contributed by atoms with E-state index in [1.54, 1.807) is 6.92 Å². The van der Waals surface area contributed by atoms with Crippen molar-refractivity contribution in [3.63, 3.8) is 0 Å². The van der Waals surface area contributed by atoms with E-state index in [4.69, 9.17) is 9.26 Å². The molecule has 6 nitrogen and oxygen atoms in total. The van der Waals surface area contributed by atoms with Crippen LogP contribution in [-0.4, -0.2) is 40.7 Å². The third-order valence-electron chi connectivity index (χ3n) is 3.94. The monoisotopic (exact) mass is 359 g/mol. The molecule has 0 amide bonds. The number of carbonyl (C=O) groups is 1. The highest BCUT2D eigenvalue weighted by atomic mass is 16.5. The Morgan fingerprint density at radius 2 is 1.88 bits per heavy atom. The first-order valence-electron chi connectivity index (χ1n) is 9.20. The Balaban J connectivity index is 2.07. The highest BCUT2D eigenvalue weighted by Crippen LogP contribution is 2.21. The molecule has 0 aliphatic rings. The van der Waals surface area contributed by atoms with Gasteiger partial charge in [0.05, 0.1) is 19.7 Å². The molecule has 0 saturated carbocycles. The summed E-state index contributed by atoms with van der Waals surface area (Å²) in [6.07, 6.45) is 0. The molecular formula is C20H29N3O3. The van der Waals surface area contributed by atoms with Crippen LogP contribution < -0.4 is 0 Å². The maximum Gasteiger partial charge on any atom is 0.320 e. The molecule has 6 heteroatoms. The number of nitrogens with zero attached hydrogens (tertiary/aromatic N) is 3. The molecule has 0 bridgehead atoms. The fraction of sp³-hybridized carbons (Fsp3) is 0.550. The lowest BCUT2D eigenvalue weighted by Gasteiger charge is -2.21. The van der Waals surface area contributed by atoms with Gasteiger partial charge in [-0.15, -0.1) is 0 Å². The predicted octanol–water partition coefficient (Wildman–Crippen LogP) is 3.88. The summed E-state index contributed by atoms with van der Waals surface area (Å²) in [5.74, 6) is 1.72. The number of rotatable bonds is 9. The van der Waals surface area contributed by atoms with Crippen LogP contribution in [0, 0.1) is 5.92 Å². The molecule has 0 aliphatic carbocycles. The summed E-state index contributed by atoms with van der Waals surface area (Å²) in [7, 11) is 0. The Labute approximate surface area is 155 Å². The van der Waals surface area contributed by atoms with Crippen LogP contribution in [0.1, 0.15) is 52.0 Å². The van der Waals surface area contributed by atoms with Crippen molar-refractivity contribution in [1.29, 1.82) is 0 Å². The van der Waals surface area contributed by atoms with Gasteiger partial charge in [-0.1, -0.05) is 57.1 Å². The molecule has 1 aromatic heterocycles. The van der Waals surface area contributed by atoms with Gasteiger partial charge in [0.25, 0.3) is 0 Å². The fourth-order valence-corrected chi connectivity index (χ4v) is 2.74. The number of aromatic nitrogens is 2. The minimum absolute atomic E-state index is 0.215.